The van der Waals surface area contributed by atoms with Gasteiger partial charge >= 0.3 is 0 Å². The SMILES string of the molecule is C=C(CC=O)C(=O)N(C)CCN=[N+]=[N-]. The van der Waals surface area contributed by atoms with Crippen LogP contribution in [0.2, 0.25) is 0 Å². The Balaban J connectivity index is 4.04. The highest BCUT2D eigenvalue weighted by Crippen LogP contribution is 2.00. The van der Waals surface area contributed by atoms with Crippen LogP contribution < -0.4 is 0 Å². The Morgan fingerprint density at radius 2 is 2.36 bits per heavy atom. The fraction of sp³-hybridized carbons (Fsp3) is 0.500. The van der Waals surface area contributed by atoms with Crippen molar-refractivity contribution < 1.29 is 9.59 Å². The highest BCUT2D eigenvalue weighted by Gasteiger charge is 2.10. The Kier molecular flexibility index (Phi) is 5.82. The van der Waals surface area contributed by atoms with Gasteiger partial charge in [-0.25, -0.2) is 0 Å². The van der Waals surface area contributed by atoms with Gasteiger partial charge in [0.05, 0.1) is 0 Å². The molecule has 76 valence electrons. The number of hydrogen-bond donors (Lipinski definition) is 0. The van der Waals surface area contributed by atoms with Crippen molar-refractivity contribution >= 4 is 12.2 Å². The molecule has 0 rings (SSSR count). The van der Waals surface area contributed by atoms with E-state index < -0.39 is 0 Å². The summed E-state index contributed by atoms with van der Waals surface area (Å²) in [7, 11) is 1.56. The van der Waals surface area contributed by atoms with Crippen molar-refractivity contribution in [3.63, 3.8) is 0 Å². The predicted octanol–water partition coefficient (Wildman–Crippen LogP) is 0.900. The summed E-state index contributed by atoms with van der Waals surface area (Å²) in [6.07, 6.45) is 0.659. The van der Waals surface area contributed by atoms with Gasteiger partial charge < -0.3 is 9.69 Å². The third-order valence-electron chi connectivity index (χ3n) is 1.58. The Morgan fingerprint density at radius 3 is 2.86 bits per heavy atom. The van der Waals surface area contributed by atoms with Gasteiger partial charge in [0.15, 0.2) is 0 Å². The molecule has 0 aliphatic rings. The van der Waals surface area contributed by atoms with E-state index in [0.29, 0.717) is 12.8 Å². The molecule has 0 aliphatic carbocycles. The topological polar surface area (TPSA) is 86.1 Å². The fourth-order valence-electron chi connectivity index (χ4n) is 0.799. The van der Waals surface area contributed by atoms with Crippen LogP contribution >= 0.6 is 0 Å². The first kappa shape index (κ1) is 12.2. The Hall–Kier alpha value is -1.81. The molecule has 6 nitrogen and oxygen atoms in total. The summed E-state index contributed by atoms with van der Waals surface area (Å²) < 4.78 is 0. The summed E-state index contributed by atoms with van der Waals surface area (Å²) >= 11 is 0. The number of amides is 1. The second-order valence-electron chi connectivity index (χ2n) is 2.66. The summed E-state index contributed by atoms with van der Waals surface area (Å²) in [6, 6.07) is 0. The third kappa shape index (κ3) is 4.27. The van der Waals surface area contributed by atoms with Crippen molar-refractivity contribution in [2.45, 2.75) is 6.42 Å². The van der Waals surface area contributed by atoms with Crippen LogP contribution in [0.15, 0.2) is 17.3 Å². The molecule has 0 radical (unpaired) electrons. The smallest absolute Gasteiger partial charge is 0.249 e. The van der Waals surface area contributed by atoms with E-state index in [1.165, 1.54) is 4.90 Å². The highest BCUT2D eigenvalue weighted by atomic mass is 16.2. The minimum Gasteiger partial charge on any atom is -0.342 e. The Bertz CT molecular complexity index is 281. The van der Waals surface area contributed by atoms with E-state index in [0.717, 1.165) is 0 Å². The van der Waals surface area contributed by atoms with Gasteiger partial charge in [-0.05, 0) is 5.53 Å². The second kappa shape index (κ2) is 6.68. The van der Waals surface area contributed by atoms with E-state index in [-0.39, 0.29) is 24.4 Å². The quantitative estimate of drug-likeness (QED) is 0.208. The molecule has 0 N–H and O–H groups in total. The maximum Gasteiger partial charge on any atom is 0.249 e. The van der Waals surface area contributed by atoms with E-state index in [1.54, 1.807) is 7.05 Å². The molecule has 0 aliphatic heterocycles. The lowest BCUT2D eigenvalue weighted by Crippen LogP contribution is -2.30. The lowest BCUT2D eigenvalue weighted by atomic mass is 10.2. The average Bonchev–Trinajstić information content (AvgIpc) is 2.17. The first-order chi connectivity index (χ1) is 6.63. The molecule has 0 aromatic heterocycles. The maximum absolute atomic E-state index is 11.4. The van der Waals surface area contributed by atoms with Gasteiger partial charge in [0.1, 0.15) is 6.29 Å². The highest BCUT2D eigenvalue weighted by molar-refractivity contribution is 5.95. The molecule has 1 amide bonds. The summed E-state index contributed by atoms with van der Waals surface area (Å²) in [5, 5.41) is 3.29. The maximum atomic E-state index is 11.4. The zero-order chi connectivity index (χ0) is 11.0. The molecule has 6 heteroatoms. The van der Waals surface area contributed by atoms with Gasteiger partial charge in [0.25, 0.3) is 0 Å². The minimum atomic E-state index is -0.301. The molecule has 0 atom stereocenters. The minimum absolute atomic E-state index is 0.0324. The van der Waals surface area contributed by atoms with E-state index in [4.69, 9.17) is 5.53 Å². The van der Waals surface area contributed by atoms with Crippen molar-refractivity contribution in [3.05, 3.63) is 22.6 Å². The molecule has 0 heterocycles. The molecule has 0 spiro atoms. The summed E-state index contributed by atoms with van der Waals surface area (Å²) in [5.41, 5.74) is 8.24. The normalized spacial score (nSPS) is 8.64. The van der Waals surface area contributed by atoms with Crippen LogP contribution in [0, 0.1) is 0 Å². The monoisotopic (exact) mass is 196 g/mol. The summed E-state index contributed by atoms with van der Waals surface area (Å²) in [5.74, 6) is -0.301. The molecule has 0 unspecified atom stereocenters. The van der Waals surface area contributed by atoms with Crippen molar-refractivity contribution in [2.75, 3.05) is 20.1 Å². The van der Waals surface area contributed by atoms with Crippen LogP contribution in [0.25, 0.3) is 10.4 Å². The number of likely N-dealkylation sites (N-methyl/N-ethyl adjacent to an activating group) is 1. The van der Waals surface area contributed by atoms with Crippen molar-refractivity contribution in [2.24, 2.45) is 5.11 Å². The number of hydrogen-bond acceptors (Lipinski definition) is 3. The van der Waals surface area contributed by atoms with Gasteiger partial charge in [-0.1, -0.05) is 11.7 Å². The van der Waals surface area contributed by atoms with Crippen molar-refractivity contribution in [1.82, 2.24) is 4.90 Å². The molecule has 0 saturated heterocycles. The van der Waals surface area contributed by atoms with Crippen LogP contribution in [-0.2, 0) is 9.59 Å². The predicted molar refractivity (Wildman–Crippen MR) is 51.5 cm³/mol. The fourth-order valence-corrected chi connectivity index (χ4v) is 0.799. The van der Waals surface area contributed by atoms with E-state index >= 15 is 0 Å². The number of carbonyl (C=O) groups excluding carboxylic acids is 2. The molecule has 0 aromatic rings. The van der Waals surface area contributed by atoms with Crippen molar-refractivity contribution in [3.8, 4) is 0 Å². The number of aldehydes is 1. The van der Waals surface area contributed by atoms with E-state index in [2.05, 4.69) is 16.6 Å². The van der Waals surface area contributed by atoms with Gasteiger partial charge in [0, 0.05) is 37.0 Å². The molecule has 0 aromatic carbocycles. The number of nitrogens with zero attached hydrogens (tertiary/aromatic N) is 4. The number of azide groups is 1. The Morgan fingerprint density at radius 1 is 1.71 bits per heavy atom. The zero-order valence-corrected chi connectivity index (χ0v) is 8.01. The van der Waals surface area contributed by atoms with Gasteiger partial charge in [0.2, 0.25) is 5.91 Å². The Labute approximate surface area is 81.8 Å². The largest absolute Gasteiger partial charge is 0.342 e. The lowest BCUT2D eigenvalue weighted by Gasteiger charge is -2.16. The average molecular weight is 196 g/mol. The number of rotatable bonds is 6. The first-order valence-electron chi connectivity index (χ1n) is 4.01. The number of carbonyl (C=O) groups is 2. The van der Waals surface area contributed by atoms with Crippen molar-refractivity contribution in [1.29, 1.82) is 0 Å². The van der Waals surface area contributed by atoms with Crippen LogP contribution in [-0.4, -0.2) is 37.2 Å². The molecule has 0 fully saturated rings. The molecular formula is C8H12N4O2. The standard InChI is InChI=1S/C8H12N4O2/c1-7(3-6-13)8(14)12(2)5-4-10-11-9/h6H,1,3-5H2,2H3. The van der Waals surface area contributed by atoms with Gasteiger partial charge in [-0.2, -0.15) is 0 Å². The van der Waals surface area contributed by atoms with Gasteiger partial charge in [-0.15, -0.1) is 0 Å². The van der Waals surface area contributed by atoms with Crippen LogP contribution in [0.5, 0.6) is 0 Å². The molecular weight excluding hydrogens is 184 g/mol. The third-order valence-corrected chi connectivity index (χ3v) is 1.58. The van der Waals surface area contributed by atoms with Crippen LogP contribution in [0.3, 0.4) is 0 Å². The second-order valence-corrected chi connectivity index (χ2v) is 2.66. The molecule has 0 saturated carbocycles. The zero-order valence-electron chi connectivity index (χ0n) is 8.01. The molecule has 14 heavy (non-hydrogen) atoms. The molecule has 0 bridgehead atoms. The lowest BCUT2D eigenvalue weighted by molar-refractivity contribution is -0.126. The van der Waals surface area contributed by atoms with E-state index in [9.17, 15) is 9.59 Å². The van der Waals surface area contributed by atoms with Gasteiger partial charge in [-0.3, -0.25) is 4.79 Å². The summed E-state index contributed by atoms with van der Waals surface area (Å²) in [6.45, 7) is 4.00. The van der Waals surface area contributed by atoms with Crippen LogP contribution in [0.4, 0.5) is 0 Å². The van der Waals surface area contributed by atoms with Crippen LogP contribution in [0.1, 0.15) is 6.42 Å². The van der Waals surface area contributed by atoms with E-state index in [1.807, 2.05) is 0 Å². The first-order valence-corrected chi connectivity index (χ1v) is 4.01. The summed E-state index contributed by atoms with van der Waals surface area (Å²) in [4.78, 5) is 25.4.